The van der Waals surface area contributed by atoms with E-state index in [-0.39, 0.29) is 12.1 Å². The van der Waals surface area contributed by atoms with Crippen molar-refractivity contribution in [3.05, 3.63) is 155 Å². The summed E-state index contributed by atoms with van der Waals surface area (Å²) >= 11 is 0. The number of nitrogens with zero attached hydrogens (tertiary/aromatic N) is 4. The Morgan fingerprint density at radius 3 is 1.30 bits per heavy atom. The van der Waals surface area contributed by atoms with Crippen molar-refractivity contribution in [3.63, 3.8) is 0 Å². The summed E-state index contributed by atoms with van der Waals surface area (Å²) in [7, 11) is 3.25. The van der Waals surface area contributed by atoms with Crippen molar-refractivity contribution in [3.8, 4) is 11.5 Å². The first-order chi connectivity index (χ1) is 22.7. The summed E-state index contributed by atoms with van der Waals surface area (Å²) in [4.78, 5) is 18.3. The van der Waals surface area contributed by atoms with Gasteiger partial charge in [-0.1, -0.05) is 84.9 Å². The molecule has 0 saturated heterocycles. The lowest BCUT2D eigenvalue weighted by Crippen LogP contribution is -2.08. The van der Waals surface area contributed by atoms with E-state index in [2.05, 4.69) is 58.5 Å². The Kier molecular flexibility index (Phi) is 12.1. The molecule has 0 unspecified atom stereocenters. The van der Waals surface area contributed by atoms with Crippen LogP contribution in [-0.4, -0.2) is 49.8 Å². The Balaban J connectivity index is 1.13. The van der Waals surface area contributed by atoms with Crippen LogP contribution in [0.1, 0.15) is 45.7 Å². The zero-order valence-corrected chi connectivity index (χ0v) is 26.1. The van der Waals surface area contributed by atoms with E-state index < -0.39 is 0 Å². The van der Waals surface area contributed by atoms with Crippen LogP contribution in [-0.2, 0) is 22.7 Å². The molecule has 0 bridgehead atoms. The van der Waals surface area contributed by atoms with Gasteiger partial charge in [0.15, 0.2) is 0 Å². The molecule has 2 atom stereocenters. The molecule has 5 aromatic rings. The highest BCUT2D eigenvalue weighted by molar-refractivity contribution is 5.77. The maximum Gasteiger partial charge on any atom is 0.137 e. The summed E-state index contributed by atoms with van der Waals surface area (Å²) < 4.78 is 22.6. The predicted molar refractivity (Wildman–Crippen MR) is 181 cm³/mol. The number of hydrogen-bond donors (Lipinski definition) is 0. The molecule has 0 aliphatic carbocycles. The van der Waals surface area contributed by atoms with Gasteiger partial charge >= 0.3 is 0 Å². The summed E-state index contributed by atoms with van der Waals surface area (Å²) in [5.41, 5.74) is 5.84. The van der Waals surface area contributed by atoms with E-state index in [1.165, 1.54) is 0 Å². The van der Waals surface area contributed by atoms with E-state index in [1.807, 2.05) is 60.7 Å². The lowest BCUT2D eigenvalue weighted by atomic mass is 10.1. The van der Waals surface area contributed by atoms with Gasteiger partial charge in [0.2, 0.25) is 0 Å². The van der Waals surface area contributed by atoms with E-state index >= 15 is 0 Å². The number of aliphatic imine (C=N–C) groups is 2. The minimum absolute atomic E-state index is 0.154. The molecular weight excluding hydrogens is 576 g/mol. The molecule has 0 radical (unpaired) electrons. The molecule has 0 N–H and O–H groups in total. The summed E-state index contributed by atoms with van der Waals surface area (Å²) in [5, 5.41) is 0. The van der Waals surface area contributed by atoms with Gasteiger partial charge < -0.3 is 18.9 Å². The van der Waals surface area contributed by atoms with Crippen LogP contribution in [0.25, 0.3) is 0 Å². The molecule has 2 heterocycles. The summed E-state index contributed by atoms with van der Waals surface area (Å²) in [6, 6.07) is 35.8. The fourth-order valence-corrected chi connectivity index (χ4v) is 4.62. The number of pyridine rings is 2. The molecule has 8 heteroatoms. The first kappa shape index (κ1) is 32.2. The molecule has 3 aromatic carbocycles. The molecule has 0 aliphatic heterocycles. The van der Waals surface area contributed by atoms with Gasteiger partial charge in [-0.2, -0.15) is 0 Å². The quantitative estimate of drug-likeness (QED) is 0.109. The molecule has 0 amide bonds. The molecule has 0 aliphatic rings. The van der Waals surface area contributed by atoms with Crippen molar-refractivity contribution in [1.82, 2.24) is 9.97 Å². The number of ether oxygens (including phenoxy) is 4. The second-order valence-electron chi connectivity index (χ2n) is 10.5. The topological polar surface area (TPSA) is 87.4 Å². The average Bonchev–Trinajstić information content (AvgIpc) is 3.13. The standard InChI is InChI=1S/C38H38N4O4/c1-43-35-19-17-33(39-23-35)21-41-37(31-9-5-3-6-10-31)27-45-25-29-13-15-30(16-14-29)26-46-28-38(32-11-7-4-8-12-32)42-22-34-18-20-36(44-2)24-40-34/h3-24,37-38H,25-28H2,1-2H3/b41-21+,42-22+/t37-,38-/m0/s1. The van der Waals surface area contributed by atoms with Crippen molar-refractivity contribution in [2.24, 2.45) is 9.98 Å². The van der Waals surface area contributed by atoms with Gasteiger partial charge in [-0.25, -0.2) is 0 Å². The van der Waals surface area contributed by atoms with Gasteiger partial charge in [0.1, 0.15) is 11.5 Å². The lowest BCUT2D eigenvalue weighted by molar-refractivity contribution is 0.107. The number of rotatable bonds is 16. The fourth-order valence-electron chi connectivity index (χ4n) is 4.62. The van der Waals surface area contributed by atoms with Gasteiger partial charge in [0, 0.05) is 12.4 Å². The van der Waals surface area contributed by atoms with Crippen LogP contribution in [0.4, 0.5) is 0 Å². The van der Waals surface area contributed by atoms with Crippen LogP contribution >= 0.6 is 0 Å². The van der Waals surface area contributed by atoms with Gasteiger partial charge in [0.05, 0.1) is 76.5 Å². The minimum atomic E-state index is -0.154. The van der Waals surface area contributed by atoms with E-state index in [0.717, 1.165) is 33.6 Å². The van der Waals surface area contributed by atoms with Crippen LogP contribution in [0.2, 0.25) is 0 Å². The Morgan fingerprint density at radius 2 is 0.957 bits per heavy atom. The Labute approximate surface area is 270 Å². The van der Waals surface area contributed by atoms with Gasteiger partial charge in [-0.3, -0.25) is 20.0 Å². The molecule has 5 rings (SSSR count). The highest BCUT2D eigenvalue weighted by Crippen LogP contribution is 2.21. The summed E-state index contributed by atoms with van der Waals surface area (Å²) in [6.07, 6.45) is 6.92. The fraction of sp³-hybridized carbons (Fsp3) is 0.211. The third kappa shape index (κ3) is 9.92. The molecular formula is C38H38N4O4. The highest BCUT2D eigenvalue weighted by atomic mass is 16.5. The van der Waals surface area contributed by atoms with Gasteiger partial charge in [-0.15, -0.1) is 0 Å². The zero-order chi connectivity index (χ0) is 31.8. The van der Waals surface area contributed by atoms with Crippen molar-refractivity contribution in [2.45, 2.75) is 25.3 Å². The van der Waals surface area contributed by atoms with Crippen LogP contribution in [0.15, 0.2) is 132 Å². The highest BCUT2D eigenvalue weighted by Gasteiger charge is 2.12. The molecule has 8 nitrogen and oxygen atoms in total. The minimum Gasteiger partial charge on any atom is -0.495 e. The monoisotopic (exact) mass is 614 g/mol. The van der Waals surface area contributed by atoms with Crippen LogP contribution in [0.3, 0.4) is 0 Å². The van der Waals surface area contributed by atoms with Crippen LogP contribution in [0.5, 0.6) is 11.5 Å². The van der Waals surface area contributed by atoms with Crippen LogP contribution in [0, 0.1) is 0 Å². The SMILES string of the molecule is COc1ccc(/C=N/[C@@H](COCc2ccc(COC[C@H](/N=C/c3ccc(OC)cn3)c3ccccc3)cc2)c2ccccc2)nc1. The van der Waals surface area contributed by atoms with Crippen molar-refractivity contribution in [2.75, 3.05) is 27.4 Å². The van der Waals surface area contributed by atoms with E-state index in [0.29, 0.717) is 37.9 Å². The largest absolute Gasteiger partial charge is 0.495 e. The molecule has 46 heavy (non-hydrogen) atoms. The number of hydrogen-bond acceptors (Lipinski definition) is 8. The third-order valence-electron chi connectivity index (χ3n) is 7.24. The summed E-state index contributed by atoms with van der Waals surface area (Å²) in [5.74, 6) is 1.42. The normalized spacial score (nSPS) is 12.7. The Hall–Kier alpha value is -5.18. The van der Waals surface area contributed by atoms with E-state index in [1.54, 1.807) is 39.0 Å². The lowest BCUT2D eigenvalue weighted by Gasteiger charge is -2.15. The first-order valence-corrected chi connectivity index (χ1v) is 15.1. The predicted octanol–water partition coefficient (Wildman–Crippen LogP) is 7.25. The summed E-state index contributed by atoms with van der Waals surface area (Å²) in [6.45, 7) is 1.83. The zero-order valence-electron chi connectivity index (χ0n) is 26.1. The maximum absolute atomic E-state index is 6.13. The molecule has 234 valence electrons. The molecule has 0 saturated carbocycles. The van der Waals surface area contributed by atoms with Crippen LogP contribution < -0.4 is 9.47 Å². The van der Waals surface area contributed by atoms with Crippen molar-refractivity contribution in [1.29, 1.82) is 0 Å². The Bertz CT molecular complexity index is 1520. The average molecular weight is 615 g/mol. The number of methoxy groups -OCH3 is 2. The van der Waals surface area contributed by atoms with Crippen molar-refractivity contribution >= 4 is 12.4 Å². The van der Waals surface area contributed by atoms with E-state index in [9.17, 15) is 0 Å². The third-order valence-corrected chi connectivity index (χ3v) is 7.24. The van der Waals surface area contributed by atoms with E-state index in [4.69, 9.17) is 28.9 Å². The number of aromatic nitrogens is 2. The molecule has 0 spiro atoms. The molecule has 0 fully saturated rings. The van der Waals surface area contributed by atoms with Gasteiger partial charge in [0.25, 0.3) is 0 Å². The molecule has 2 aromatic heterocycles. The Morgan fingerprint density at radius 1 is 0.543 bits per heavy atom. The van der Waals surface area contributed by atoms with Gasteiger partial charge in [-0.05, 0) is 46.5 Å². The smallest absolute Gasteiger partial charge is 0.137 e. The second kappa shape index (κ2) is 17.3. The number of benzene rings is 3. The first-order valence-electron chi connectivity index (χ1n) is 15.1. The van der Waals surface area contributed by atoms with Crippen molar-refractivity contribution < 1.29 is 18.9 Å². The second-order valence-corrected chi connectivity index (χ2v) is 10.5. The maximum atomic E-state index is 6.13.